The van der Waals surface area contributed by atoms with Gasteiger partial charge in [0.25, 0.3) is 5.91 Å². The van der Waals surface area contributed by atoms with Crippen LogP contribution >= 0.6 is 11.3 Å². The molecule has 0 aliphatic heterocycles. The number of carbonyl (C=O) groups is 1. The Hall–Kier alpha value is -1.39. The summed E-state index contributed by atoms with van der Waals surface area (Å²) in [6.07, 6.45) is 5.83. The minimum atomic E-state index is 0.0924. The first kappa shape index (κ1) is 14.2. The number of hydrogen-bond donors (Lipinski definition) is 2. The quantitative estimate of drug-likeness (QED) is 0.891. The zero-order valence-electron chi connectivity index (χ0n) is 12.6. The summed E-state index contributed by atoms with van der Waals surface area (Å²) < 4.78 is 1.18. The van der Waals surface area contributed by atoms with Gasteiger partial charge in [-0.05, 0) is 43.6 Å². The molecular weight excluding hydrogens is 292 g/mol. The first-order valence-electron chi connectivity index (χ1n) is 8.25. The Morgan fingerprint density at radius 2 is 1.91 bits per heavy atom. The summed E-state index contributed by atoms with van der Waals surface area (Å²) in [7, 11) is 0. The summed E-state index contributed by atoms with van der Waals surface area (Å²) in [4.78, 5) is 12.8. The van der Waals surface area contributed by atoms with E-state index in [4.69, 9.17) is 5.73 Å². The van der Waals surface area contributed by atoms with Gasteiger partial charge in [-0.3, -0.25) is 4.79 Å². The van der Waals surface area contributed by atoms with E-state index in [0.717, 1.165) is 23.8 Å². The topological polar surface area (TPSA) is 55.1 Å². The van der Waals surface area contributed by atoms with Gasteiger partial charge in [-0.1, -0.05) is 24.6 Å². The van der Waals surface area contributed by atoms with Gasteiger partial charge in [-0.25, -0.2) is 0 Å². The summed E-state index contributed by atoms with van der Waals surface area (Å²) in [5.41, 5.74) is 7.00. The van der Waals surface area contributed by atoms with E-state index in [2.05, 4.69) is 11.4 Å². The number of nitrogens with two attached hydrogens (primary N) is 1. The Morgan fingerprint density at radius 1 is 1.18 bits per heavy atom. The maximum absolute atomic E-state index is 12.8. The lowest BCUT2D eigenvalue weighted by Gasteiger charge is -2.45. The highest BCUT2D eigenvalue weighted by Crippen LogP contribution is 2.40. The van der Waals surface area contributed by atoms with Crippen LogP contribution in [0.1, 0.15) is 42.5 Å². The van der Waals surface area contributed by atoms with Crippen molar-refractivity contribution < 1.29 is 4.79 Å². The number of fused-ring (bicyclic) bond motifs is 3. The van der Waals surface area contributed by atoms with Crippen LogP contribution in [-0.2, 0) is 0 Å². The Kier molecular flexibility index (Phi) is 3.66. The van der Waals surface area contributed by atoms with E-state index < -0.39 is 0 Å². The normalized spacial score (nSPS) is 31.1. The fraction of sp³-hybridized carbons (Fsp3) is 0.500. The lowest BCUT2D eigenvalue weighted by atomic mass is 9.67. The van der Waals surface area contributed by atoms with E-state index >= 15 is 0 Å². The van der Waals surface area contributed by atoms with Gasteiger partial charge in [0.05, 0.1) is 5.56 Å². The van der Waals surface area contributed by atoms with Crippen molar-refractivity contribution in [2.75, 3.05) is 0 Å². The second-order valence-corrected chi connectivity index (χ2v) is 7.74. The van der Waals surface area contributed by atoms with Crippen LogP contribution < -0.4 is 11.1 Å². The van der Waals surface area contributed by atoms with Crippen molar-refractivity contribution >= 4 is 27.3 Å². The molecule has 2 bridgehead atoms. The maximum atomic E-state index is 12.8. The van der Waals surface area contributed by atoms with Crippen LogP contribution in [0.15, 0.2) is 29.6 Å². The second kappa shape index (κ2) is 5.67. The third kappa shape index (κ3) is 2.44. The first-order valence-corrected chi connectivity index (χ1v) is 9.13. The number of rotatable bonds is 2. The number of hydrogen-bond acceptors (Lipinski definition) is 3. The number of carbonyl (C=O) groups excluding carboxylic acids is 1. The Balaban J connectivity index is 1.57. The molecule has 1 aromatic carbocycles. The molecule has 3 N–H and O–H groups in total. The SMILES string of the molecule is NC1CC2CCCC(C1)C2NC(=O)c1csc2ccccc12. The highest BCUT2D eigenvalue weighted by molar-refractivity contribution is 7.17. The lowest BCUT2D eigenvalue weighted by molar-refractivity contribution is 0.0758. The lowest BCUT2D eigenvalue weighted by Crippen LogP contribution is -2.53. The molecule has 1 aromatic heterocycles. The monoisotopic (exact) mass is 314 g/mol. The minimum Gasteiger partial charge on any atom is -0.349 e. The number of amides is 1. The molecule has 2 aromatic rings. The summed E-state index contributed by atoms with van der Waals surface area (Å²) >= 11 is 1.65. The molecule has 2 fully saturated rings. The van der Waals surface area contributed by atoms with Gasteiger partial charge < -0.3 is 11.1 Å². The number of nitrogens with one attached hydrogen (secondary N) is 1. The van der Waals surface area contributed by atoms with E-state index in [1.54, 1.807) is 11.3 Å². The van der Waals surface area contributed by atoms with E-state index in [9.17, 15) is 4.79 Å². The maximum Gasteiger partial charge on any atom is 0.252 e. The molecule has 1 heterocycles. The molecule has 1 amide bonds. The van der Waals surface area contributed by atoms with E-state index in [-0.39, 0.29) is 5.91 Å². The van der Waals surface area contributed by atoms with Gasteiger partial charge in [0.2, 0.25) is 0 Å². The molecular formula is C18H22N2OS. The van der Waals surface area contributed by atoms with Gasteiger partial charge in [-0.15, -0.1) is 11.3 Å². The second-order valence-electron chi connectivity index (χ2n) is 6.83. The molecule has 2 saturated carbocycles. The van der Waals surface area contributed by atoms with Crippen LogP contribution in [0.3, 0.4) is 0 Å². The van der Waals surface area contributed by atoms with Crippen molar-refractivity contribution in [2.45, 2.75) is 44.2 Å². The van der Waals surface area contributed by atoms with Crippen molar-refractivity contribution in [3.63, 3.8) is 0 Å². The zero-order valence-corrected chi connectivity index (χ0v) is 13.4. The molecule has 2 unspecified atom stereocenters. The molecule has 4 heteroatoms. The molecule has 2 atom stereocenters. The summed E-state index contributed by atoms with van der Waals surface area (Å²) in [6, 6.07) is 8.78. The predicted molar refractivity (Wildman–Crippen MR) is 91.1 cm³/mol. The first-order chi connectivity index (χ1) is 10.7. The summed E-state index contributed by atoms with van der Waals surface area (Å²) in [5, 5.41) is 6.41. The van der Waals surface area contributed by atoms with Crippen molar-refractivity contribution in [1.82, 2.24) is 5.32 Å². The molecule has 2 aliphatic carbocycles. The van der Waals surface area contributed by atoms with Crippen LogP contribution in [0.5, 0.6) is 0 Å². The third-order valence-electron chi connectivity index (χ3n) is 5.40. The molecule has 2 aliphatic rings. The van der Waals surface area contributed by atoms with Gasteiger partial charge in [-0.2, -0.15) is 0 Å². The molecule has 0 radical (unpaired) electrons. The largest absolute Gasteiger partial charge is 0.349 e. The Bertz CT molecular complexity index is 681. The van der Waals surface area contributed by atoms with Crippen molar-refractivity contribution in [3.8, 4) is 0 Å². The van der Waals surface area contributed by atoms with E-state index in [1.807, 2.05) is 23.6 Å². The highest BCUT2D eigenvalue weighted by atomic mass is 32.1. The van der Waals surface area contributed by atoms with Crippen LogP contribution in [0.25, 0.3) is 10.1 Å². The fourth-order valence-electron chi connectivity index (χ4n) is 4.41. The third-order valence-corrected chi connectivity index (χ3v) is 6.36. The molecule has 0 spiro atoms. The van der Waals surface area contributed by atoms with Gasteiger partial charge in [0.15, 0.2) is 0 Å². The van der Waals surface area contributed by atoms with Gasteiger partial charge >= 0.3 is 0 Å². The zero-order chi connectivity index (χ0) is 15.1. The van der Waals surface area contributed by atoms with Gasteiger partial charge in [0.1, 0.15) is 0 Å². The average Bonchev–Trinajstić information content (AvgIpc) is 2.92. The minimum absolute atomic E-state index is 0.0924. The Labute approximate surface area is 134 Å². The van der Waals surface area contributed by atoms with E-state index in [1.165, 1.54) is 24.0 Å². The highest BCUT2D eigenvalue weighted by Gasteiger charge is 2.40. The van der Waals surface area contributed by atoms with Crippen molar-refractivity contribution in [1.29, 1.82) is 0 Å². The standard InChI is InChI=1S/C18H22N2OS/c19-13-8-11-4-3-5-12(9-13)17(11)20-18(21)15-10-22-16-7-2-1-6-14(15)16/h1-2,6-7,10-13,17H,3-5,8-9,19H2,(H,20,21). The molecule has 116 valence electrons. The summed E-state index contributed by atoms with van der Waals surface area (Å²) in [6.45, 7) is 0. The number of thiophene rings is 1. The van der Waals surface area contributed by atoms with Crippen LogP contribution in [0.2, 0.25) is 0 Å². The summed E-state index contributed by atoms with van der Waals surface area (Å²) in [5.74, 6) is 1.22. The van der Waals surface area contributed by atoms with Crippen LogP contribution in [0.4, 0.5) is 0 Å². The number of benzene rings is 1. The van der Waals surface area contributed by atoms with Crippen LogP contribution in [0, 0.1) is 11.8 Å². The smallest absolute Gasteiger partial charge is 0.252 e. The average molecular weight is 314 g/mol. The fourth-order valence-corrected chi connectivity index (χ4v) is 5.35. The molecule has 4 rings (SSSR count). The molecule has 22 heavy (non-hydrogen) atoms. The Morgan fingerprint density at radius 3 is 2.68 bits per heavy atom. The van der Waals surface area contributed by atoms with Crippen LogP contribution in [-0.4, -0.2) is 18.0 Å². The van der Waals surface area contributed by atoms with Crippen molar-refractivity contribution in [2.24, 2.45) is 17.6 Å². The predicted octanol–water partition coefficient (Wildman–Crippen LogP) is 3.54. The molecule has 0 saturated heterocycles. The van der Waals surface area contributed by atoms with Gasteiger partial charge in [0, 0.05) is 27.5 Å². The van der Waals surface area contributed by atoms with Crippen molar-refractivity contribution in [3.05, 3.63) is 35.2 Å². The molecule has 3 nitrogen and oxygen atoms in total. The van der Waals surface area contributed by atoms with E-state index in [0.29, 0.717) is 23.9 Å².